The molecular weight excluding hydrogens is 250 g/mol. The predicted octanol–water partition coefficient (Wildman–Crippen LogP) is 1.20. The van der Waals surface area contributed by atoms with Crippen LogP contribution in [0.2, 0.25) is 0 Å². The molecule has 0 bridgehead atoms. The molecule has 0 radical (unpaired) electrons. The summed E-state index contributed by atoms with van der Waals surface area (Å²) in [6.45, 7) is 3.73. The summed E-state index contributed by atoms with van der Waals surface area (Å²) in [4.78, 5) is 35.3. The van der Waals surface area contributed by atoms with Crippen LogP contribution in [-0.4, -0.2) is 45.5 Å². The molecule has 1 saturated carbocycles. The van der Waals surface area contributed by atoms with Gasteiger partial charge in [-0.1, -0.05) is 13.8 Å². The lowest BCUT2D eigenvalue weighted by atomic mass is 10.0. The van der Waals surface area contributed by atoms with Gasteiger partial charge in [0, 0.05) is 12.5 Å². The van der Waals surface area contributed by atoms with Crippen LogP contribution >= 0.6 is 0 Å². The number of carboxylic acid groups (broad SMARTS) is 2. The fraction of sp³-hybridized carbons (Fsp3) is 0.769. The maximum absolute atomic E-state index is 12.1. The van der Waals surface area contributed by atoms with Crippen molar-refractivity contribution in [1.82, 2.24) is 4.90 Å². The average Bonchev–Trinajstić information content (AvgIpc) is 3.09. The first-order valence-electron chi connectivity index (χ1n) is 6.58. The molecule has 1 aliphatic carbocycles. The highest BCUT2D eigenvalue weighted by Gasteiger charge is 2.38. The van der Waals surface area contributed by atoms with Crippen LogP contribution in [-0.2, 0) is 14.4 Å². The molecule has 6 heteroatoms. The number of carboxylic acids is 2. The maximum Gasteiger partial charge on any atom is 0.326 e. The van der Waals surface area contributed by atoms with Gasteiger partial charge < -0.3 is 15.1 Å². The third kappa shape index (κ3) is 4.89. The van der Waals surface area contributed by atoms with Crippen molar-refractivity contribution in [2.24, 2.45) is 11.8 Å². The molecule has 1 aliphatic rings. The summed E-state index contributed by atoms with van der Waals surface area (Å²) in [6.07, 6.45) is 1.67. The van der Waals surface area contributed by atoms with Crippen molar-refractivity contribution in [2.75, 3.05) is 6.54 Å². The molecule has 19 heavy (non-hydrogen) atoms. The minimum atomic E-state index is -1.06. The summed E-state index contributed by atoms with van der Waals surface area (Å²) < 4.78 is 0. The third-order valence-electron chi connectivity index (χ3n) is 3.13. The topological polar surface area (TPSA) is 94.9 Å². The summed E-state index contributed by atoms with van der Waals surface area (Å²) in [7, 11) is 0. The second-order valence-electron chi connectivity index (χ2n) is 5.43. The fourth-order valence-electron chi connectivity index (χ4n) is 2.01. The zero-order chi connectivity index (χ0) is 14.6. The molecular formula is C13H21NO5. The van der Waals surface area contributed by atoms with Gasteiger partial charge in [0.15, 0.2) is 0 Å². The van der Waals surface area contributed by atoms with Gasteiger partial charge >= 0.3 is 11.9 Å². The van der Waals surface area contributed by atoms with Gasteiger partial charge in [-0.05, 0) is 25.2 Å². The molecule has 0 saturated heterocycles. The standard InChI is InChI=1S/C13H21NO5/c1-8(2)7-10(13(18)19)14(6-5-11(15)16)12(17)9-3-4-9/h8-10H,3-7H2,1-2H3,(H,15,16)(H,18,19). The van der Waals surface area contributed by atoms with Crippen LogP contribution < -0.4 is 0 Å². The van der Waals surface area contributed by atoms with Crippen molar-refractivity contribution in [3.05, 3.63) is 0 Å². The zero-order valence-corrected chi connectivity index (χ0v) is 11.3. The van der Waals surface area contributed by atoms with Crippen molar-refractivity contribution < 1.29 is 24.6 Å². The Bertz CT molecular complexity index is 362. The van der Waals surface area contributed by atoms with Gasteiger partial charge in [0.25, 0.3) is 0 Å². The van der Waals surface area contributed by atoms with Crippen molar-refractivity contribution in [3.8, 4) is 0 Å². The number of carbonyl (C=O) groups is 3. The first-order valence-corrected chi connectivity index (χ1v) is 6.58. The zero-order valence-electron chi connectivity index (χ0n) is 11.3. The van der Waals surface area contributed by atoms with Gasteiger partial charge in [-0.15, -0.1) is 0 Å². The largest absolute Gasteiger partial charge is 0.481 e. The van der Waals surface area contributed by atoms with Crippen LogP contribution in [0.1, 0.15) is 39.5 Å². The van der Waals surface area contributed by atoms with Crippen LogP contribution in [0.4, 0.5) is 0 Å². The van der Waals surface area contributed by atoms with Crippen molar-refractivity contribution >= 4 is 17.8 Å². The molecule has 2 N–H and O–H groups in total. The molecule has 1 unspecified atom stereocenters. The van der Waals surface area contributed by atoms with Crippen LogP contribution in [0.25, 0.3) is 0 Å². The van der Waals surface area contributed by atoms with Gasteiger partial charge in [0.1, 0.15) is 6.04 Å². The van der Waals surface area contributed by atoms with E-state index < -0.39 is 18.0 Å². The highest BCUT2D eigenvalue weighted by atomic mass is 16.4. The average molecular weight is 271 g/mol. The molecule has 0 spiro atoms. The van der Waals surface area contributed by atoms with Gasteiger partial charge in [-0.25, -0.2) is 4.79 Å². The molecule has 0 aromatic heterocycles. The summed E-state index contributed by atoms with van der Waals surface area (Å²) in [5.74, 6) is -2.28. The van der Waals surface area contributed by atoms with E-state index in [0.717, 1.165) is 12.8 Å². The Kier molecular flexibility index (Phi) is 5.32. The molecule has 0 aromatic rings. The maximum atomic E-state index is 12.1. The lowest BCUT2D eigenvalue weighted by molar-refractivity contribution is -0.152. The van der Waals surface area contributed by atoms with E-state index >= 15 is 0 Å². The van der Waals surface area contributed by atoms with E-state index in [9.17, 15) is 19.5 Å². The van der Waals surface area contributed by atoms with Gasteiger partial charge in [0.05, 0.1) is 6.42 Å². The minimum Gasteiger partial charge on any atom is -0.481 e. The Labute approximate surface area is 112 Å². The van der Waals surface area contributed by atoms with Crippen molar-refractivity contribution in [2.45, 2.75) is 45.6 Å². The third-order valence-corrected chi connectivity index (χ3v) is 3.13. The van der Waals surface area contributed by atoms with Crippen LogP contribution in [0.15, 0.2) is 0 Å². The number of hydrogen-bond acceptors (Lipinski definition) is 3. The lowest BCUT2D eigenvalue weighted by Crippen LogP contribution is -2.47. The Morgan fingerprint density at radius 2 is 1.79 bits per heavy atom. The van der Waals surface area contributed by atoms with E-state index in [-0.39, 0.29) is 30.7 Å². The number of carbonyl (C=O) groups excluding carboxylic acids is 1. The molecule has 6 nitrogen and oxygen atoms in total. The number of rotatable bonds is 8. The molecule has 0 aliphatic heterocycles. The van der Waals surface area contributed by atoms with Crippen molar-refractivity contribution in [1.29, 1.82) is 0 Å². The molecule has 1 rings (SSSR count). The smallest absolute Gasteiger partial charge is 0.326 e. The van der Waals surface area contributed by atoms with E-state index in [1.807, 2.05) is 13.8 Å². The Morgan fingerprint density at radius 3 is 2.16 bits per heavy atom. The van der Waals surface area contributed by atoms with Gasteiger partial charge in [0.2, 0.25) is 5.91 Å². The fourth-order valence-corrected chi connectivity index (χ4v) is 2.01. The Balaban J connectivity index is 2.80. The van der Waals surface area contributed by atoms with Crippen LogP contribution in [0, 0.1) is 11.8 Å². The number of hydrogen-bond donors (Lipinski definition) is 2. The summed E-state index contributed by atoms with van der Waals surface area (Å²) in [5.41, 5.74) is 0. The highest BCUT2D eigenvalue weighted by Crippen LogP contribution is 2.32. The predicted molar refractivity (Wildman–Crippen MR) is 67.6 cm³/mol. The number of amides is 1. The first kappa shape index (κ1) is 15.5. The van der Waals surface area contributed by atoms with E-state index in [0.29, 0.717) is 6.42 Å². The number of nitrogens with zero attached hydrogens (tertiary/aromatic N) is 1. The molecule has 108 valence electrons. The summed E-state index contributed by atoms with van der Waals surface area (Å²) in [6, 6.07) is -0.924. The Morgan fingerprint density at radius 1 is 1.21 bits per heavy atom. The molecule has 0 aromatic carbocycles. The first-order chi connectivity index (χ1) is 8.82. The molecule has 1 atom stereocenters. The molecule has 0 heterocycles. The summed E-state index contributed by atoms with van der Waals surface area (Å²) >= 11 is 0. The minimum absolute atomic E-state index is 0.0334. The SMILES string of the molecule is CC(C)CC(C(=O)O)N(CCC(=O)O)C(=O)C1CC1. The Hall–Kier alpha value is -1.59. The van der Waals surface area contributed by atoms with E-state index in [4.69, 9.17) is 5.11 Å². The molecule has 1 fully saturated rings. The van der Waals surface area contributed by atoms with Gasteiger partial charge in [-0.3, -0.25) is 9.59 Å². The van der Waals surface area contributed by atoms with E-state index in [2.05, 4.69) is 0 Å². The lowest BCUT2D eigenvalue weighted by Gasteiger charge is -2.29. The highest BCUT2D eigenvalue weighted by molar-refractivity contribution is 5.86. The quantitative estimate of drug-likeness (QED) is 0.691. The van der Waals surface area contributed by atoms with E-state index in [1.165, 1.54) is 4.90 Å². The van der Waals surface area contributed by atoms with Crippen molar-refractivity contribution in [3.63, 3.8) is 0 Å². The number of aliphatic carboxylic acids is 2. The normalized spacial score (nSPS) is 16.2. The molecule has 1 amide bonds. The van der Waals surface area contributed by atoms with Crippen LogP contribution in [0.3, 0.4) is 0 Å². The van der Waals surface area contributed by atoms with Gasteiger partial charge in [-0.2, -0.15) is 0 Å². The monoisotopic (exact) mass is 271 g/mol. The second kappa shape index (κ2) is 6.54. The summed E-state index contributed by atoms with van der Waals surface area (Å²) in [5, 5.41) is 18.0. The van der Waals surface area contributed by atoms with E-state index in [1.54, 1.807) is 0 Å². The second-order valence-corrected chi connectivity index (χ2v) is 5.43. The van der Waals surface area contributed by atoms with Crippen LogP contribution in [0.5, 0.6) is 0 Å².